The van der Waals surface area contributed by atoms with Crippen LogP contribution < -0.4 is 71.9 Å². The number of carbonyl (C=O) groups excluding carboxylic acids is 6. The lowest BCUT2D eigenvalue weighted by molar-refractivity contribution is -0.348. The van der Waals surface area contributed by atoms with Gasteiger partial charge in [-0.2, -0.15) is 0 Å². The van der Waals surface area contributed by atoms with Gasteiger partial charge in [-0.15, -0.1) is 0 Å². The first-order chi connectivity index (χ1) is 55.0. The van der Waals surface area contributed by atoms with Gasteiger partial charge < -0.3 is 138 Å². The summed E-state index contributed by atoms with van der Waals surface area (Å²) in [6, 6.07) is 8.26. The van der Waals surface area contributed by atoms with Crippen LogP contribution in [0.15, 0.2) is 49.6 Å². The molecule has 54 heteroatoms. The Morgan fingerprint density at radius 3 is 1.25 bits per heavy atom. The number of ketones is 2. The molecule has 2 saturated carbocycles. The molecule has 2 aliphatic heterocycles. The van der Waals surface area contributed by atoms with E-state index in [-0.39, 0.29) is 108 Å². The largest absolute Gasteiger partial charge is 0.790 e. The van der Waals surface area contributed by atoms with Gasteiger partial charge in [-0.3, -0.25) is 56.2 Å². The molecule has 48 nitrogen and oxygen atoms in total. The molecule has 9 rings (SSSR count). The van der Waals surface area contributed by atoms with E-state index in [1.54, 1.807) is 0 Å². The number of anilines is 2. The number of hydrogen-bond acceptors (Lipinski definition) is 42. The average Bonchev–Trinajstić information content (AvgIpc) is 1.62. The van der Waals surface area contributed by atoms with E-state index in [1.807, 2.05) is 18.2 Å². The van der Waals surface area contributed by atoms with Crippen molar-refractivity contribution < 1.29 is 161 Å². The lowest BCUT2D eigenvalue weighted by Crippen LogP contribution is -2.46. The van der Waals surface area contributed by atoms with E-state index in [0.717, 1.165) is 110 Å². The van der Waals surface area contributed by atoms with Gasteiger partial charge in [0.05, 0.1) is 54.7 Å². The maximum atomic E-state index is 13.1. The highest BCUT2D eigenvalue weighted by molar-refractivity contribution is 7.60. The molecular formula is C64H90N14O34P6-8. The number of aromatic nitrogens is 8. The molecule has 4 aromatic heterocycles. The molecule has 2 saturated heterocycles. The molecule has 6 heterocycles. The van der Waals surface area contributed by atoms with Crippen molar-refractivity contribution in [2.45, 2.75) is 192 Å². The predicted molar refractivity (Wildman–Crippen MR) is 386 cm³/mol. The van der Waals surface area contributed by atoms with Crippen LogP contribution in [0, 0.1) is 21.7 Å². The molecule has 0 spiro atoms. The Bertz CT molecular complexity index is 4430. The van der Waals surface area contributed by atoms with Gasteiger partial charge >= 0.3 is 0 Å². The van der Waals surface area contributed by atoms with Crippen molar-refractivity contribution >= 4 is 116 Å². The number of amides is 4. The number of aliphatic hydroxyl groups excluding tert-OH is 4. The van der Waals surface area contributed by atoms with Crippen LogP contribution in [0.4, 0.5) is 11.6 Å². The van der Waals surface area contributed by atoms with E-state index < -0.39 is 169 Å². The summed E-state index contributed by atoms with van der Waals surface area (Å²) in [5.41, 5.74) is 10.0. The van der Waals surface area contributed by atoms with Crippen molar-refractivity contribution in [2.75, 3.05) is 64.1 Å². The van der Waals surface area contributed by atoms with E-state index in [1.165, 1.54) is 27.7 Å². The molecule has 4 aliphatic rings. The Labute approximate surface area is 672 Å². The van der Waals surface area contributed by atoms with Crippen LogP contribution in [0.5, 0.6) is 0 Å². The highest BCUT2D eigenvalue weighted by Crippen LogP contribution is 2.59. The number of aliphatic hydroxyl groups is 4. The normalized spacial score (nSPS) is 23.1. The summed E-state index contributed by atoms with van der Waals surface area (Å²) in [7, 11) is -35.6. The third kappa shape index (κ3) is 27.8. The first-order valence-corrected chi connectivity index (χ1v) is 45.5. The average molecular weight is 1790 g/mol. The minimum absolute atomic E-state index is 0.0172. The third-order valence-corrected chi connectivity index (χ3v) is 26.0. The number of fused-ring (bicyclic) bond motifs is 2. The number of nitrogens with one attached hydrogen (secondary N) is 4. The number of nitrogen functional groups attached to an aromatic ring is 2. The molecule has 14 unspecified atom stereocenters. The monoisotopic (exact) mass is 1780 g/mol. The van der Waals surface area contributed by atoms with Crippen LogP contribution in [0.2, 0.25) is 0 Å². The van der Waals surface area contributed by atoms with E-state index in [9.17, 15) is 116 Å². The van der Waals surface area contributed by atoms with Gasteiger partial charge in [-0.05, 0) is 86.2 Å². The molecular weight excluding hydrogens is 1690 g/mol. The van der Waals surface area contributed by atoms with Gasteiger partial charge in [0.25, 0.3) is 31.3 Å². The predicted octanol–water partition coefficient (Wildman–Crippen LogP) is -3.63. The van der Waals surface area contributed by atoms with Crippen LogP contribution in [0.25, 0.3) is 22.3 Å². The Morgan fingerprint density at radius 2 is 0.898 bits per heavy atom. The van der Waals surface area contributed by atoms with Crippen molar-refractivity contribution in [3.63, 3.8) is 0 Å². The minimum Gasteiger partial charge on any atom is -0.790 e. The van der Waals surface area contributed by atoms with E-state index in [0.29, 0.717) is 12.8 Å². The van der Waals surface area contributed by atoms with Crippen LogP contribution in [0.1, 0.15) is 141 Å². The van der Waals surface area contributed by atoms with E-state index in [2.05, 4.69) is 93.0 Å². The Hall–Kier alpha value is -6.36. The molecule has 5 aromatic rings. The summed E-state index contributed by atoms with van der Waals surface area (Å²) >= 11 is 0. The number of nitrogens with two attached hydrogens (primary N) is 2. The molecule has 0 radical (unpaired) electrons. The summed E-state index contributed by atoms with van der Waals surface area (Å²) in [6.07, 6.45) is -6.63. The number of hydrogen-bond donors (Lipinski definition) is 10. The number of ether oxygens (including phenoxy) is 2. The van der Waals surface area contributed by atoms with E-state index in [4.69, 9.17) is 20.9 Å². The van der Waals surface area contributed by atoms with Crippen molar-refractivity contribution in [2.24, 2.45) is 21.7 Å². The first-order valence-electron chi connectivity index (χ1n) is 36.7. The third-order valence-electron chi connectivity index (χ3n) is 20.0. The second-order valence-electron chi connectivity index (χ2n) is 30.4. The number of carbonyl (C=O) groups is 6. The second-order valence-corrected chi connectivity index (χ2v) is 38.6. The van der Waals surface area contributed by atoms with Gasteiger partial charge in [0.2, 0.25) is 23.6 Å². The summed E-state index contributed by atoms with van der Waals surface area (Å²) < 4.78 is 123. The summed E-state index contributed by atoms with van der Waals surface area (Å²) in [5, 5.41) is 53.3. The first kappa shape index (κ1) is 95.5. The van der Waals surface area contributed by atoms with Gasteiger partial charge in [-0.25, -0.2) is 38.5 Å². The number of nitrogens with zero attached hydrogens (tertiary/aromatic N) is 8. The smallest absolute Gasteiger partial charge is 0.274 e. The maximum absolute atomic E-state index is 13.1. The van der Waals surface area contributed by atoms with Gasteiger partial charge in [-0.1, -0.05) is 52.0 Å². The summed E-state index contributed by atoms with van der Waals surface area (Å²) in [5.74, 6) is -3.47. The Balaban J connectivity index is 0.587. The number of phosphoric ester groups is 6. The van der Waals surface area contributed by atoms with Crippen LogP contribution in [-0.2, 0) is 114 Å². The molecule has 2 aliphatic carbocycles. The number of imidazole rings is 2. The zero-order valence-corrected chi connectivity index (χ0v) is 69.2. The minimum atomic E-state index is -5.99. The fourth-order valence-corrected chi connectivity index (χ4v) is 18.7. The number of Topliss-reactive ketones (excluding diaryl/α,β-unsaturated/α-hetero) is 2. The van der Waals surface area contributed by atoms with E-state index >= 15 is 0 Å². The lowest BCUT2D eigenvalue weighted by Gasteiger charge is -2.36. The van der Waals surface area contributed by atoms with Crippen molar-refractivity contribution in [3.05, 3.63) is 60.7 Å². The second kappa shape index (κ2) is 39.4. The van der Waals surface area contributed by atoms with Gasteiger partial charge in [0.15, 0.2) is 35.4 Å². The van der Waals surface area contributed by atoms with Gasteiger partial charge in [0, 0.05) is 75.5 Å². The zero-order chi connectivity index (χ0) is 86.8. The molecule has 4 fully saturated rings. The fourth-order valence-electron chi connectivity index (χ4n) is 13.2. The lowest BCUT2D eigenvalue weighted by atomic mass is 9.87. The van der Waals surface area contributed by atoms with Crippen LogP contribution in [0.3, 0.4) is 0 Å². The molecule has 0 bridgehead atoms. The molecule has 14 atom stereocenters. The molecule has 4 amide bonds. The highest BCUT2D eigenvalue weighted by atomic mass is 31.3. The molecule has 12 N–H and O–H groups in total. The SMILES string of the molecule is CC(C)(COP(=O)([O-])OP(=O)([O-])OCC1OC(n2cnc3c(N)ncnc32)C(O)C1OP(=O)([O-])[O-])C(O)C(=O)NCCC(=O)NCCC(=O)CC1(CCCc2cccc(CCCC3(CC(=O)CCNC(=O)CCNC(=O)C(O)C(C)(C)COP(=O)([O-])OP(=O)([O-])OCC4OC(n5cnc6c(N)ncnc65)C(O)C4OP(=O)([O-])[O-])CC3)c2)CC1. The number of phosphoric acid groups is 6. The standard InChI is InChI=1S/C64H98N14O34P6/c1-61(2,31-105-117(99,100)111-115(95,96)103-29-41-49(109-113(89,90)91)47(83)59(107-41)77-35-75-45-53(65)71-33-73-55(45)77)51(85)57(87)69-24-14-43(81)67-22-12-39(79)27-63(18-19-63)16-6-10-37-8-5-9-38(26-37)11-7-17-64(20-21-64)28-40(80)13-23-68-44(82)15-25-70-58(88)52(86)62(3,4)32-106-118(101,102)112-116(97,98)104-30-42-50(110-114(92,93)94)48(84)60(108-42)78-36-76-46-54(66)72-34-74-56(46)78/h5,8-9,26,33-36,41-42,47-52,59-60,83-86H,6-7,10-25,27-32H2,1-4H3,(H,67,81)(H,68,82)(H,69,87)(H,70,88)(H,95,96)(H,97,98)(H,99,100)(H,101,102)(H2,65,71,73)(H2,66,72,74)(H2,89,90,91)(H2,92,93,94)/p-8. The highest BCUT2D eigenvalue weighted by Gasteiger charge is 2.50. The Kier molecular flexibility index (Phi) is 31.9. The number of rotatable bonds is 50. The summed E-state index contributed by atoms with van der Waals surface area (Å²) in [6.45, 7) is -0.568. The molecule has 1 aromatic carbocycles. The number of benzene rings is 1. The van der Waals surface area contributed by atoms with Gasteiger partial charge in [0.1, 0.15) is 84.1 Å². The van der Waals surface area contributed by atoms with Crippen LogP contribution in [-0.4, -0.2) is 196 Å². The van der Waals surface area contributed by atoms with Crippen molar-refractivity contribution in [1.82, 2.24) is 60.3 Å². The number of aryl methyl sites for hydroxylation is 2. The topological polar surface area (TPSA) is 750 Å². The molecule has 658 valence electrons. The zero-order valence-electron chi connectivity index (χ0n) is 63.8. The maximum Gasteiger partial charge on any atom is 0.274 e. The van der Waals surface area contributed by atoms with Crippen molar-refractivity contribution in [1.29, 1.82) is 0 Å². The Morgan fingerprint density at radius 1 is 0.542 bits per heavy atom. The fraction of sp³-hybridized carbons (Fsp3) is 0.656. The van der Waals surface area contributed by atoms with Crippen LogP contribution >= 0.6 is 46.9 Å². The quantitative estimate of drug-likeness (QED) is 0.0168. The molecule has 118 heavy (non-hydrogen) atoms. The van der Waals surface area contributed by atoms with Crippen molar-refractivity contribution in [3.8, 4) is 0 Å². The summed E-state index contributed by atoms with van der Waals surface area (Å²) in [4.78, 5) is 198.